The van der Waals surface area contributed by atoms with Crippen molar-refractivity contribution in [3.05, 3.63) is 28.8 Å². The number of ether oxygens (including phenoxy) is 1. The normalized spacial score (nSPS) is 21.5. The first-order valence-corrected chi connectivity index (χ1v) is 6.43. The summed E-state index contributed by atoms with van der Waals surface area (Å²) in [6, 6.07) is 6.14. The molecule has 0 amide bonds. The average molecular weight is 255 g/mol. The first-order valence-electron chi connectivity index (χ1n) is 6.05. The zero-order valence-corrected chi connectivity index (χ0v) is 10.8. The Morgan fingerprint density at radius 2 is 2.41 bits per heavy atom. The van der Waals surface area contributed by atoms with Gasteiger partial charge in [-0.3, -0.25) is 0 Å². The number of nitrogens with two attached hydrogens (primary N) is 1. The Bertz CT molecular complexity index is 378. The fraction of sp³-hybridized carbons (Fsp3) is 0.538. The van der Waals surface area contributed by atoms with Crippen molar-refractivity contribution in [2.24, 2.45) is 5.73 Å². The molecule has 0 radical (unpaired) electrons. The zero-order chi connectivity index (χ0) is 12.3. The molecule has 4 heteroatoms. The van der Waals surface area contributed by atoms with E-state index in [4.69, 9.17) is 22.1 Å². The Balaban J connectivity index is 2.04. The van der Waals surface area contributed by atoms with Gasteiger partial charge in [0, 0.05) is 23.9 Å². The second-order valence-corrected chi connectivity index (χ2v) is 4.91. The summed E-state index contributed by atoms with van der Waals surface area (Å²) in [5.41, 5.74) is 7.88. The van der Waals surface area contributed by atoms with Crippen molar-refractivity contribution < 1.29 is 4.74 Å². The molecule has 1 aromatic rings. The molecular formula is C13H19ClN2O. The summed E-state index contributed by atoms with van der Waals surface area (Å²) in [5.74, 6) is 0. The van der Waals surface area contributed by atoms with Gasteiger partial charge in [-0.2, -0.15) is 0 Å². The van der Waals surface area contributed by atoms with Crippen molar-refractivity contribution in [1.82, 2.24) is 0 Å². The molecule has 1 aromatic carbocycles. The number of hydrogen-bond acceptors (Lipinski definition) is 3. The first-order chi connectivity index (χ1) is 8.20. The number of nitrogens with one attached hydrogen (secondary N) is 1. The highest BCUT2D eigenvalue weighted by Gasteiger charge is 2.24. The number of benzene rings is 1. The molecule has 1 saturated heterocycles. The third-order valence-electron chi connectivity index (χ3n) is 3.19. The van der Waals surface area contributed by atoms with Gasteiger partial charge in [0.1, 0.15) is 0 Å². The maximum atomic E-state index is 6.10. The zero-order valence-electron chi connectivity index (χ0n) is 10.1. The van der Waals surface area contributed by atoms with E-state index in [2.05, 4.69) is 5.32 Å². The number of rotatable bonds is 4. The SMILES string of the molecule is Cc1ccc(NC(CN)C2CCCO2)cc1Cl. The fourth-order valence-electron chi connectivity index (χ4n) is 2.12. The molecule has 3 nitrogen and oxygen atoms in total. The molecule has 0 aromatic heterocycles. The quantitative estimate of drug-likeness (QED) is 0.868. The number of aryl methyl sites for hydroxylation is 1. The lowest BCUT2D eigenvalue weighted by Gasteiger charge is -2.24. The largest absolute Gasteiger partial charge is 0.378 e. The van der Waals surface area contributed by atoms with Crippen LogP contribution in [0.3, 0.4) is 0 Å². The molecule has 1 heterocycles. The summed E-state index contributed by atoms with van der Waals surface area (Å²) in [7, 11) is 0. The van der Waals surface area contributed by atoms with Crippen LogP contribution in [0.2, 0.25) is 5.02 Å². The third-order valence-corrected chi connectivity index (χ3v) is 3.60. The van der Waals surface area contributed by atoms with E-state index in [-0.39, 0.29) is 12.1 Å². The molecule has 2 atom stereocenters. The van der Waals surface area contributed by atoms with Gasteiger partial charge in [-0.15, -0.1) is 0 Å². The molecule has 1 aliphatic rings. The lowest BCUT2D eigenvalue weighted by molar-refractivity contribution is 0.0973. The van der Waals surface area contributed by atoms with E-state index in [1.165, 1.54) is 0 Å². The minimum absolute atomic E-state index is 0.163. The topological polar surface area (TPSA) is 47.3 Å². The van der Waals surface area contributed by atoms with E-state index >= 15 is 0 Å². The van der Waals surface area contributed by atoms with Crippen molar-refractivity contribution in [2.75, 3.05) is 18.5 Å². The van der Waals surface area contributed by atoms with Crippen LogP contribution in [-0.4, -0.2) is 25.3 Å². The Labute approximate surface area is 107 Å². The maximum absolute atomic E-state index is 6.10. The lowest BCUT2D eigenvalue weighted by atomic mass is 10.1. The van der Waals surface area contributed by atoms with E-state index in [1.54, 1.807) is 0 Å². The number of hydrogen-bond donors (Lipinski definition) is 2. The van der Waals surface area contributed by atoms with Gasteiger partial charge in [0.15, 0.2) is 0 Å². The van der Waals surface area contributed by atoms with E-state index in [9.17, 15) is 0 Å². The Morgan fingerprint density at radius 3 is 3.00 bits per heavy atom. The van der Waals surface area contributed by atoms with Crippen LogP contribution in [0.5, 0.6) is 0 Å². The van der Waals surface area contributed by atoms with Crippen LogP contribution in [0.1, 0.15) is 18.4 Å². The van der Waals surface area contributed by atoms with Crippen molar-refractivity contribution >= 4 is 17.3 Å². The van der Waals surface area contributed by atoms with Gasteiger partial charge in [-0.1, -0.05) is 17.7 Å². The summed E-state index contributed by atoms with van der Waals surface area (Å²) in [6.07, 6.45) is 2.42. The summed E-state index contributed by atoms with van der Waals surface area (Å²) in [6.45, 7) is 3.40. The standard InChI is InChI=1S/C13H19ClN2O/c1-9-4-5-10(7-11(9)14)16-12(8-15)13-3-2-6-17-13/h4-5,7,12-13,16H,2-3,6,8,15H2,1H3. The van der Waals surface area contributed by atoms with E-state index in [1.807, 2.05) is 25.1 Å². The molecule has 94 valence electrons. The van der Waals surface area contributed by atoms with Gasteiger partial charge in [0.25, 0.3) is 0 Å². The van der Waals surface area contributed by atoms with Gasteiger partial charge in [-0.05, 0) is 37.5 Å². The monoisotopic (exact) mass is 254 g/mol. The Morgan fingerprint density at radius 1 is 1.59 bits per heavy atom. The highest BCUT2D eigenvalue weighted by Crippen LogP contribution is 2.23. The summed E-state index contributed by atoms with van der Waals surface area (Å²) in [5, 5.41) is 4.18. The fourth-order valence-corrected chi connectivity index (χ4v) is 2.30. The summed E-state index contributed by atoms with van der Waals surface area (Å²) in [4.78, 5) is 0. The highest BCUT2D eigenvalue weighted by molar-refractivity contribution is 6.31. The van der Waals surface area contributed by atoms with Crippen LogP contribution < -0.4 is 11.1 Å². The minimum Gasteiger partial charge on any atom is -0.378 e. The van der Waals surface area contributed by atoms with E-state index < -0.39 is 0 Å². The van der Waals surface area contributed by atoms with E-state index in [0.29, 0.717) is 6.54 Å². The van der Waals surface area contributed by atoms with Crippen LogP contribution in [0.15, 0.2) is 18.2 Å². The van der Waals surface area contributed by atoms with Gasteiger partial charge >= 0.3 is 0 Å². The molecule has 3 N–H and O–H groups in total. The van der Waals surface area contributed by atoms with Crippen LogP contribution in [-0.2, 0) is 4.74 Å². The Hall–Kier alpha value is -0.770. The highest BCUT2D eigenvalue weighted by atomic mass is 35.5. The third kappa shape index (κ3) is 3.12. The lowest BCUT2D eigenvalue weighted by Crippen LogP contribution is -2.39. The minimum atomic E-state index is 0.163. The van der Waals surface area contributed by atoms with Crippen LogP contribution in [0.4, 0.5) is 5.69 Å². The molecular weight excluding hydrogens is 236 g/mol. The number of halogens is 1. The van der Waals surface area contributed by atoms with Gasteiger partial charge in [-0.25, -0.2) is 0 Å². The van der Waals surface area contributed by atoms with Crippen LogP contribution in [0, 0.1) is 6.92 Å². The first kappa shape index (κ1) is 12.7. The van der Waals surface area contributed by atoms with Crippen LogP contribution in [0.25, 0.3) is 0 Å². The smallest absolute Gasteiger partial charge is 0.0789 e. The maximum Gasteiger partial charge on any atom is 0.0789 e. The van der Waals surface area contributed by atoms with E-state index in [0.717, 1.165) is 35.7 Å². The molecule has 2 unspecified atom stereocenters. The molecule has 0 bridgehead atoms. The van der Waals surface area contributed by atoms with Crippen molar-refractivity contribution in [3.63, 3.8) is 0 Å². The molecule has 2 rings (SSSR count). The van der Waals surface area contributed by atoms with Crippen molar-refractivity contribution in [1.29, 1.82) is 0 Å². The Kier molecular flexibility index (Phi) is 4.26. The predicted molar refractivity (Wildman–Crippen MR) is 71.6 cm³/mol. The molecule has 17 heavy (non-hydrogen) atoms. The molecule has 0 spiro atoms. The average Bonchev–Trinajstić information content (AvgIpc) is 2.84. The summed E-state index contributed by atoms with van der Waals surface area (Å²) < 4.78 is 5.66. The van der Waals surface area contributed by atoms with Gasteiger partial charge < -0.3 is 15.8 Å². The predicted octanol–water partition coefficient (Wildman–Crippen LogP) is 2.57. The molecule has 0 saturated carbocycles. The molecule has 0 aliphatic carbocycles. The molecule has 1 fully saturated rings. The number of anilines is 1. The van der Waals surface area contributed by atoms with Gasteiger partial charge in [0.05, 0.1) is 12.1 Å². The second kappa shape index (κ2) is 5.71. The second-order valence-electron chi connectivity index (χ2n) is 4.50. The molecule has 1 aliphatic heterocycles. The summed E-state index contributed by atoms with van der Waals surface area (Å²) >= 11 is 6.10. The van der Waals surface area contributed by atoms with Crippen molar-refractivity contribution in [3.8, 4) is 0 Å². The van der Waals surface area contributed by atoms with Crippen molar-refractivity contribution in [2.45, 2.75) is 31.9 Å². The van der Waals surface area contributed by atoms with Gasteiger partial charge in [0.2, 0.25) is 0 Å². The van der Waals surface area contributed by atoms with Crippen LogP contribution >= 0.6 is 11.6 Å².